The number of nitrogens with zero attached hydrogens (tertiary/aromatic N) is 5. The Morgan fingerprint density at radius 1 is 1.30 bits per heavy atom. The van der Waals surface area contributed by atoms with Gasteiger partial charge in [-0.1, -0.05) is 0 Å². The van der Waals surface area contributed by atoms with Crippen molar-refractivity contribution in [2.24, 2.45) is 7.05 Å². The number of rotatable bonds is 4. The molecule has 2 heterocycles. The minimum atomic E-state index is 0.000781. The molecule has 7 heteroatoms. The summed E-state index contributed by atoms with van der Waals surface area (Å²) in [7, 11) is 5.43. The van der Waals surface area contributed by atoms with Crippen molar-refractivity contribution < 1.29 is 4.79 Å². The van der Waals surface area contributed by atoms with Gasteiger partial charge in [0.1, 0.15) is 5.69 Å². The summed E-state index contributed by atoms with van der Waals surface area (Å²) in [4.78, 5) is 22.9. The van der Waals surface area contributed by atoms with Crippen molar-refractivity contribution in [3.05, 3.63) is 34.9 Å². The molecule has 0 aliphatic heterocycles. The molecule has 0 bridgehead atoms. The second-order valence-corrected chi connectivity index (χ2v) is 5.93. The number of carbonyl (C=O) groups excluding carboxylic acids is 1. The van der Waals surface area contributed by atoms with Crippen LogP contribution in [0.15, 0.2) is 12.4 Å². The first-order valence-corrected chi connectivity index (χ1v) is 7.89. The molecular formula is C16H22N6O. The highest BCUT2D eigenvalue weighted by Gasteiger charge is 2.26. The molecule has 0 fully saturated rings. The second-order valence-electron chi connectivity index (χ2n) is 5.93. The van der Waals surface area contributed by atoms with Gasteiger partial charge in [0, 0.05) is 51.2 Å². The SMILES string of the molecule is CNc1ncc(CN(C)C(=O)c2c3c(nn2C)CCCC3)cn1. The third kappa shape index (κ3) is 3.04. The molecule has 1 N–H and O–H groups in total. The van der Waals surface area contributed by atoms with Crippen molar-refractivity contribution in [1.82, 2.24) is 24.6 Å². The van der Waals surface area contributed by atoms with Gasteiger partial charge in [-0.05, 0) is 25.7 Å². The van der Waals surface area contributed by atoms with Crippen LogP contribution < -0.4 is 5.32 Å². The van der Waals surface area contributed by atoms with Crippen LogP contribution in [0.3, 0.4) is 0 Å². The largest absolute Gasteiger partial charge is 0.357 e. The van der Waals surface area contributed by atoms with Crippen molar-refractivity contribution in [3.63, 3.8) is 0 Å². The fraction of sp³-hybridized carbons (Fsp3) is 0.500. The predicted octanol–water partition coefficient (Wildman–Crippen LogP) is 1.40. The molecule has 2 aromatic rings. The Bertz CT molecular complexity index is 706. The number of anilines is 1. The average molecular weight is 314 g/mol. The molecule has 1 amide bonds. The molecule has 0 atom stereocenters. The highest BCUT2D eigenvalue weighted by atomic mass is 16.2. The molecule has 2 aromatic heterocycles. The van der Waals surface area contributed by atoms with Crippen LogP contribution in [0.5, 0.6) is 0 Å². The summed E-state index contributed by atoms with van der Waals surface area (Å²) in [6.45, 7) is 0.475. The van der Waals surface area contributed by atoms with Crippen LogP contribution in [0, 0.1) is 0 Å². The number of fused-ring (bicyclic) bond motifs is 1. The van der Waals surface area contributed by atoms with Crippen LogP contribution in [-0.2, 0) is 26.4 Å². The van der Waals surface area contributed by atoms with Crippen LogP contribution in [0.25, 0.3) is 0 Å². The van der Waals surface area contributed by atoms with E-state index in [4.69, 9.17) is 0 Å². The summed E-state index contributed by atoms with van der Waals surface area (Å²) in [6, 6.07) is 0. The Labute approximate surface area is 135 Å². The summed E-state index contributed by atoms with van der Waals surface area (Å²) < 4.78 is 1.73. The molecule has 0 radical (unpaired) electrons. The minimum absolute atomic E-state index is 0.000781. The van der Waals surface area contributed by atoms with E-state index in [-0.39, 0.29) is 5.91 Å². The van der Waals surface area contributed by atoms with Gasteiger partial charge < -0.3 is 10.2 Å². The highest BCUT2D eigenvalue weighted by Crippen LogP contribution is 2.24. The first kappa shape index (κ1) is 15.5. The number of aromatic nitrogens is 4. The zero-order valence-corrected chi connectivity index (χ0v) is 13.8. The van der Waals surface area contributed by atoms with E-state index in [1.54, 1.807) is 36.1 Å². The van der Waals surface area contributed by atoms with Gasteiger partial charge in [0.05, 0.1) is 5.69 Å². The lowest BCUT2D eigenvalue weighted by Crippen LogP contribution is -2.29. The molecule has 0 saturated carbocycles. The third-order valence-electron chi connectivity index (χ3n) is 4.22. The molecule has 1 aliphatic carbocycles. The first-order chi connectivity index (χ1) is 11.1. The maximum Gasteiger partial charge on any atom is 0.272 e. The van der Waals surface area contributed by atoms with Crippen molar-refractivity contribution in [2.45, 2.75) is 32.2 Å². The molecule has 0 aromatic carbocycles. The standard InChI is InChI=1S/C16H22N6O/c1-17-16-18-8-11(9-19-16)10-21(2)15(23)14-12-6-4-5-7-13(12)20-22(14)3/h8-9H,4-7,10H2,1-3H3,(H,17,18,19). The van der Waals surface area contributed by atoms with Crippen LogP contribution in [-0.4, -0.2) is 44.7 Å². The quantitative estimate of drug-likeness (QED) is 0.923. The van der Waals surface area contributed by atoms with Crippen LogP contribution in [0.2, 0.25) is 0 Å². The first-order valence-electron chi connectivity index (χ1n) is 7.89. The number of hydrogen-bond acceptors (Lipinski definition) is 5. The molecule has 7 nitrogen and oxygen atoms in total. The molecule has 23 heavy (non-hydrogen) atoms. The van der Waals surface area contributed by atoms with Gasteiger partial charge in [-0.25, -0.2) is 9.97 Å². The Balaban J connectivity index is 1.78. The Morgan fingerprint density at radius 3 is 2.70 bits per heavy atom. The summed E-state index contributed by atoms with van der Waals surface area (Å²) in [6.07, 6.45) is 7.67. The van der Waals surface area contributed by atoms with Crippen LogP contribution >= 0.6 is 0 Å². The van der Waals surface area contributed by atoms with Gasteiger partial charge in [-0.3, -0.25) is 9.48 Å². The molecule has 1 aliphatic rings. The summed E-state index contributed by atoms with van der Waals surface area (Å²) in [5.41, 5.74) is 3.82. The van der Waals surface area contributed by atoms with E-state index in [0.717, 1.165) is 48.2 Å². The van der Waals surface area contributed by atoms with Crippen molar-refractivity contribution in [2.75, 3.05) is 19.4 Å². The number of aryl methyl sites for hydroxylation is 2. The van der Waals surface area contributed by atoms with Gasteiger partial charge in [0.2, 0.25) is 5.95 Å². The van der Waals surface area contributed by atoms with Crippen molar-refractivity contribution >= 4 is 11.9 Å². The summed E-state index contributed by atoms with van der Waals surface area (Å²) in [5.74, 6) is 0.573. The summed E-state index contributed by atoms with van der Waals surface area (Å²) in [5, 5.41) is 7.40. The molecule has 3 rings (SSSR count). The summed E-state index contributed by atoms with van der Waals surface area (Å²) >= 11 is 0. The van der Waals surface area contributed by atoms with E-state index < -0.39 is 0 Å². The van der Waals surface area contributed by atoms with Crippen LogP contribution in [0.4, 0.5) is 5.95 Å². The van der Waals surface area contributed by atoms with Crippen molar-refractivity contribution in [1.29, 1.82) is 0 Å². The number of nitrogens with one attached hydrogen (secondary N) is 1. The molecule has 122 valence electrons. The fourth-order valence-corrected chi connectivity index (χ4v) is 3.04. The van der Waals surface area contributed by atoms with E-state index in [9.17, 15) is 4.79 Å². The topological polar surface area (TPSA) is 75.9 Å². The van der Waals surface area contributed by atoms with Gasteiger partial charge in [0.15, 0.2) is 0 Å². The van der Waals surface area contributed by atoms with E-state index in [2.05, 4.69) is 20.4 Å². The van der Waals surface area contributed by atoms with E-state index in [0.29, 0.717) is 12.5 Å². The Hall–Kier alpha value is -2.44. The maximum absolute atomic E-state index is 12.8. The number of amides is 1. The van der Waals surface area contributed by atoms with E-state index in [1.807, 2.05) is 7.05 Å². The normalized spacial score (nSPS) is 13.5. The Morgan fingerprint density at radius 2 is 2.00 bits per heavy atom. The smallest absolute Gasteiger partial charge is 0.272 e. The zero-order chi connectivity index (χ0) is 16.4. The lowest BCUT2D eigenvalue weighted by Gasteiger charge is -2.19. The average Bonchev–Trinajstić information content (AvgIpc) is 2.90. The van der Waals surface area contributed by atoms with Gasteiger partial charge in [-0.2, -0.15) is 5.10 Å². The fourth-order valence-electron chi connectivity index (χ4n) is 3.04. The Kier molecular flexibility index (Phi) is 4.27. The molecular weight excluding hydrogens is 292 g/mol. The zero-order valence-electron chi connectivity index (χ0n) is 13.8. The van der Waals surface area contributed by atoms with Crippen LogP contribution in [0.1, 0.15) is 40.2 Å². The molecule has 0 unspecified atom stereocenters. The lowest BCUT2D eigenvalue weighted by atomic mass is 9.95. The van der Waals surface area contributed by atoms with Crippen molar-refractivity contribution in [3.8, 4) is 0 Å². The number of carbonyl (C=O) groups is 1. The van der Waals surface area contributed by atoms with E-state index >= 15 is 0 Å². The molecule has 0 saturated heterocycles. The van der Waals surface area contributed by atoms with Gasteiger partial charge in [0.25, 0.3) is 5.91 Å². The maximum atomic E-state index is 12.8. The highest BCUT2D eigenvalue weighted by molar-refractivity contribution is 5.94. The second kappa shape index (κ2) is 6.36. The monoisotopic (exact) mass is 314 g/mol. The number of hydrogen-bond donors (Lipinski definition) is 1. The lowest BCUT2D eigenvalue weighted by molar-refractivity contribution is 0.0772. The predicted molar refractivity (Wildman–Crippen MR) is 87.2 cm³/mol. The van der Waals surface area contributed by atoms with E-state index in [1.165, 1.54) is 0 Å². The minimum Gasteiger partial charge on any atom is -0.357 e. The van der Waals surface area contributed by atoms with Gasteiger partial charge in [-0.15, -0.1) is 0 Å². The third-order valence-corrected chi connectivity index (χ3v) is 4.22. The molecule has 0 spiro atoms. The van der Waals surface area contributed by atoms with Gasteiger partial charge >= 0.3 is 0 Å².